The summed E-state index contributed by atoms with van der Waals surface area (Å²) >= 11 is 0. The maximum atomic E-state index is 10.7. The molecule has 0 aliphatic heterocycles. The van der Waals surface area contributed by atoms with Gasteiger partial charge in [-0.2, -0.15) is 0 Å². The van der Waals surface area contributed by atoms with Crippen LogP contribution >= 0.6 is 0 Å². The van der Waals surface area contributed by atoms with Crippen molar-refractivity contribution >= 4 is 17.9 Å². The van der Waals surface area contributed by atoms with Gasteiger partial charge in [-0.1, -0.05) is 24.3 Å². The smallest absolute Gasteiger partial charge is 0.187 e. The SMILES string of the molecule is O=C1[C]=c2ccccc2=C1. The number of Topliss-reactive ketones (excluding diaryl/α,β-unsaturated/α-hetero) is 1. The molecule has 1 heteroatoms. The van der Waals surface area contributed by atoms with Gasteiger partial charge in [0, 0.05) is 6.08 Å². The molecule has 0 saturated carbocycles. The largest absolute Gasteiger partial charge is 0.289 e. The minimum atomic E-state index is -0.0267. The van der Waals surface area contributed by atoms with Crippen LogP contribution in [0.3, 0.4) is 0 Å². The van der Waals surface area contributed by atoms with Gasteiger partial charge in [-0.15, -0.1) is 0 Å². The molecule has 0 unspecified atom stereocenters. The van der Waals surface area contributed by atoms with Crippen molar-refractivity contribution in [1.82, 2.24) is 0 Å². The molecule has 1 aliphatic rings. The van der Waals surface area contributed by atoms with E-state index in [9.17, 15) is 4.79 Å². The van der Waals surface area contributed by atoms with Crippen LogP contribution in [0.25, 0.3) is 12.2 Å². The standard InChI is InChI=1S/C9H5O/c10-9-5-7-3-1-2-4-8(7)6-9/h1-5H. The van der Waals surface area contributed by atoms with Gasteiger partial charge in [0.25, 0.3) is 0 Å². The number of fused-ring (bicyclic) bond motifs is 1. The third kappa shape index (κ3) is 0.676. The molecule has 0 aromatic heterocycles. The highest BCUT2D eigenvalue weighted by Crippen LogP contribution is 1.83. The Hall–Kier alpha value is -1.37. The Morgan fingerprint density at radius 1 is 1.20 bits per heavy atom. The van der Waals surface area contributed by atoms with E-state index in [1.807, 2.05) is 24.3 Å². The molecule has 0 atom stereocenters. The molecular weight excluding hydrogens is 124 g/mol. The number of carbonyl (C=O) groups is 1. The molecule has 0 amide bonds. The van der Waals surface area contributed by atoms with Crippen molar-refractivity contribution in [3.05, 3.63) is 34.7 Å². The Morgan fingerprint density at radius 3 is 2.80 bits per heavy atom. The minimum absolute atomic E-state index is 0.0267. The van der Waals surface area contributed by atoms with E-state index in [0.717, 1.165) is 10.4 Å². The summed E-state index contributed by atoms with van der Waals surface area (Å²) in [6, 6.07) is 7.61. The third-order valence-corrected chi connectivity index (χ3v) is 1.51. The van der Waals surface area contributed by atoms with Gasteiger partial charge in [0.1, 0.15) is 0 Å². The fraction of sp³-hybridized carbons (Fsp3) is 0. The molecule has 1 aromatic rings. The summed E-state index contributed by atoms with van der Waals surface area (Å²) in [4.78, 5) is 10.7. The first-order valence-corrected chi connectivity index (χ1v) is 3.11. The van der Waals surface area contributed by atoms with E-state index in [4.69, 9.17) is 0 Å². The molecule has 0 heterocycles. The molecule has 1 aromatic carbocycles. The highest BCUT2D eigenvalue weighted by molar-refractivity contribution is 6.26. The maximum absolute atomic E-state index is 10.7. The van der Waals surface area contributed by atoms with E-state index in [0.29, 0.717) is 0 Å². The van der Waals surface area contributed by atoms with Gasteiger partial charge in [0.15, 0.2) is 5.78 Å². The summed E-state index contributed by atoms with van der Waals surface area (Å²) in [6.45, 7) is 0. The lowest BCUT2D eigenvalue weighted by Crippen LogP contribution is -2.19. The predicted molar refractivity (Wildman–Crippen MR) is 38.6 cm³/mol. The molecule has 1 radical (unpaired) electrons. The fourth-order valence-electron chi connectivity index (χ4n) is 1.05. The molecule has 47 valence electrons. The summed E-state index contributed by atoms with van der Waals surface area (Å²) in [7, 11) is 0. The molecule has 0 N–H and O–H groups in total. The average molecular weight is 129 g/mol. The number of benzene rings is 1. The highest BCUT2D eigenvalue weighted by Gasteiger charge is 1.98. The van der Waals surface area contributed by atoms with Gasteiger partial charge in [0.05, 0.1) is 0 Å². The van der Waals surface area contributed by atoms with E-state index >= 15 is 0 Å². The summed E-state index contributed by atoms with van der Waals surface area (Å²) in [5, 5.41) is 1.89. The van der Waals surface area contributed by atoms with Gasteiger partial charge < -0.3 is 0 Å². The molecule has 0 fully saturated rings. The van der Waals surface area contributed by atoms with E-state index in [-0.39, 0.29) is 5.78 Å². The number of carbonyl (C=O) groups excluding carboxylic acids is 1. The van der Waals surface area contributed by atoms with Gasteiger partial charge in [-0.05, 0) is 16.5 Å². The molecule has 0 saturated heterocycles. The first-order valence-electron chi connectivity index (χ1n) is 3.11. The van der Waals surface area contributed by atoms with Gasteiger partial charge >= 0.3 is 0 Å². The molecular formula is C9H5O. The summed E-state index contributed by atoms with van der Waals surface area (Å²) < 4.78 is 0. The van der Waals surface area contributed by atoms with E-state index in [1.165, 1.54) is 0 Å². The Kier molecular flexibility index (Phi) is 0.978. The zero-order chi connectivity index (χ0) is 6.97. The first kappa shape index (κ1) is 5.42. The minimum Gasteiger partial charge on any atom is -0.289 e. The van der Waals surface area contributed by atoms with Gasteiger partial charge in [-0.3, -0.25) is 4.79 Å². The van der Waals surface area contributed by atoms with E-state index < -0.39 is 0 Å². The van der Waals surface area contributed by atoms with E-state index in [1.54, 1.807) is 6.08 Å². The third-order valence-electron chi connectivity index (χ3n) is 1.51. The van der Waals surface area contributed by atoms with Crippen LogP contribution in [0.15, 0.2) is 24.3 Å². The molecule has 2 rings (SSSR count). The Morgan fingerprint density at radius 2 is 2.00 bits per heavy atom. The number of hydrogen-bond donors (Lipinski definition) is 0. The van der Waals surface area contributed by atoms with Crippen LogP contribution in [0.2, 0.25) is 0 Å². The predicted octanol–water partition coefficient (Wildman–Crippen LogP) is -0.293. The summed E-state index contributed by atoms with van der Waals surface area (Å²) in [6.07, 6.45) is 4.30. The van der Waals surface area contributed by atoms with Gasteiger partial charge in [-0.25, -0.2) is 0 Å². The van der Waals surface area contributed by atoms with E-state index in [2.05, 4.69) is 6.08 Å². The molecule has 10 heavy (non-hydrogen) atoms. The zero-order valence-electron chi connectivity index (χ0n) is 5.29. The van der Waals surface area contributed by atoms with Crippen LogP contribution in [0.1, 0.15) is 0 Å². The quantitative estimate of drug-likeness (QED) is 0.470. The second-order valence-electron chi connectivity index (χ2n) is 2.22. The lowest BCUT2D eigenvalue weighted by atomic mass is 10.3. The normalized spacial score (nSPS) is 13.8. The van der Waals surface area contributed by atoms with Crippen molar-refractivity contribution in [2.45, 2.75) is 0 Å². The lowest BCUT2D eigenvalue weighted by Gasteiger charge is -1.78. The zero-order valence-corrected chi connectivity index (χ0v) is 5.29. The van der Waals surface area contributed by atoms with Crippen molar-refractivity contribution in [1.29, 1.82) is 0 Å². The van der Waals surface area contributed by atoms with Crippen LogP contribution in [0.5, 0.6) is 0 Å². The highest BCUT2D eigenvalue weighted by atomic mass is 16.1. The second kappa shape index (κ2) is 1.81. The number of ketones is 1. The number of rotatable bonds is 0. The maximum Gasteiger partial charge on any atom is 0.187 e. The van der Waals surface area contributed by atoms with Crippen molar-refractivity contribution in [3.8, 4) is 0 Å². The summed E-state index contributed by atoms with van der Waals surface area (Å²) in [5.74, 6) is -0.0267. The molecule has 1 nitrogen and oxygen atoms in total. The number of hydrogen-bond acceptors (Lipinski definition) is 1. The summed E-state index contributed by atoms with van der Waals surface area (Å²) in [5.41, 5.74) is 0. The topological polar surface area (TPSA) is 17.1 Å². The van der Waals surface area contributed by atoms with Gasteiger partial charge in [0.2, 0.25) is 0 Å². The average Bonchev–Trinajstić information content (AvgIpc) is 2.27. The Balaban J connectivity index is 2.96. The first-order chi connectivity index (χ1) is 4.86. The van der Waals surface area contributed by atoms with Crippen LogP contribution in [0.4, 0.5) is 0 Å². The van der Waals surface area contributed by atoms with Crippen molar-refractivity contribution in [3.63, 3.8) is 0 Å². The molecule has 0 bridgehead atoms. The monoisotopic (exact) mass is 129 g/mol. The molecule has 0 spiro atoms. The second-order valence-corrected chi connectivity index (χ2v) is 2.22. The van der Waals surface area contributed by atoms with Crippen LogP contribution in [0, 0.1) is 0 Å². The Bertz CT molecular complexity index is 350. The Labute approximate surface area is 58.3 Å². The van der Waals surface area contributed by atoms with Crippen molar-refractivity contribution in [2.24, 2.45) is 0 Å². The van der Waals surface area contributed by atoms with Crippen molar-refractivity contribution in [2.75, 3.05) is 0 Å². The molecule has 1 aliphatic carbocycles. The fourth-order valence-corrected chi connectivity index (χ4v) is 1.05. The van der Waals surface area contributed by atoms with Crippen LogP contribution in [-0.2, 0) is 4.79 Å². The van der Waals surface area contributed by atoms with Crippen molar-refractivity contribution < 1.29 is 4.79 Å². The van der Waals surface area contributed by atoms with Crippen LogP contribution < -0.4 is 10.4 Å². The van der Waals surface area contributed by atoms with Crippen LogP contribution in [-0.4, -0.2) is 5.78 Å². The lowest BCUT2D eigenvalue weighted by molar-refractivity contribution is -0.107.